The van der Waals surface area contributed by atoms with Crippen molar-refractivity contribution in [2.24, 2.45) is 5.92 Å². The fourth-order valence-electron chi connectivity index (χ4n) is 4.73. The molecule has 2 aromatic rings. The Hall–Kier alpha value is -2.75. The van der Waals surface area contributed by atoms with Crippen LogP contribution in [-0.4, -0.2) is 23.5 Å². The number of hydrogen-bond donors (Lipinski definition) is 0. The van der Waals surface area contributed by atoms with Crippen molar-refractivity contribution in [3.63, 3.8) is 0 Å². The van der Waals surface area contributed by atoms with Gasteiger partial charge in [0, 0.05) is 30.1 Å². The van der Waals surface area contributed by atoms with Gasteiger partial charge in [-0.25, -0.2) is 0 Å². The fraction of sp³-hybridized carbons (Fsp3) is 0.464. The Balaban J connectivity index is 1.65. The lowest BCUT2D eigenvalue weighted by molar-refractivity contribution is -0.137. The average Bonchev–Trinajstić information content (AvgIpc) is 2.79. The highest BCUT2D eigenvalue weighted by Gasteiger charge is 2.29. The number of fused-ring (bicyclic) bond motifs is 1. The second kappa shape index (κ2) is 9.40. The first-order valence-electron chi connectivity index (χ1n) is 11.8. The molecule has 0 radical (unpaired) electrons. The van der Waals surface area contributed by atoms with Crippen molar-refractivity contribution in [3.8, 4) is 11.5 Å². The Morgan fingerprint density at radius 3 is 2.47 bits per heavy atom. The second-order valence-corrected chi connectivity index (χ2v) is 9.73. The van der Waals surface area contributed by atoms with Gasteiger partial charge in [0.05, 0.1) is 7.11 Å². The van der Waals surface area contributed by atoms with Crippen LogP contribution < -0.4 is 9.47 Å². The number of hydrogen-bond acceptors (Lipinski definition) is 3. The van der Waals surface area contributed by atoms with Crippen LogP contribution in [0.15, 0.2) is 42.5 Å². The molecule has 0 spiro atoms. The van der Waals surface area contributed by atoms with Crippen LogP contribution in [0.2, 0.25) is 0 Å². The van der Waals surface area contributed by atoms with Crippen molar-refractivity contribution in [3.05, 3.63) is 64.7 Å². The predicted molar refractivity (Wildman–Crippen MR) is 129 cm³/mol. The van der Waals surface area contributed by atoms with Crippen molar-refractivity contribution >= 4 is 12.0 Å². The van der Waals surface area contributed by atoms with E-state index in [9.17, 15) is 4.79 Å². The molecule has 170 valence electrons. The van der Waals surface area contributed by atoms with E-state index < -0.39 is 5.60 Å². The molecule has 4 rings (SSSR count). The highest BCUT2D eigenvalue weighted by molar-refractivity contribution is 5.79. The first-order valence-corrected chi connectivity index (χ1v) is 11.8. The predicted octanol–water partition coefficient (Wildman–Crippen LogP) is 6.30. The third-order valence-corrected chi connectivity index (χ3v) is 6.58. The van der Waals surface area contributed by atoms with Gasteiger partial charge in [-0.15, -0.1) is 0 Å². The summed E-state index contributed by atoms with van der Waals surface area (Å²) in [5.41, 5.74) is 3.97. The average molecular weight is 434 g/mol. The maximum Gasteiger partial charge on any atom is 0.226 e. The number of aryl methyl sites for hydroxylation is 1. The molecule has 0 saturated heterocycles. The number of benzene rings is 2. The lowest BCUT2D eigenvalue weighted by atomic mass is 9.88. The highest BCUT2D eigenvalue weighted by atomic mass is 16.5. The molecule has 0 atom stereocenters. The van der Waals surface area contributed by atoms with E-state index in [1.54, 1.807) is 7.11 Å². The lowest BCUT2D eigenvalue weighted by Gasteiger charge is -2.32. The van der Waals surface area contributed by atoms with Gasteiger partial charge in [-0.3, -0.25) is 4.79 Å². The number of carbonyl (C=O) groups excluding carboxylic acids is 1. The summed E-state index contributed by atoms with van der Waals surface area (Å²) in [6.07, 6.45) is 9.66. The maximum absolute atomic E-state index is 13.6. The van der Waals surface area contributed by atoms with E-state index >= 15 is 0 Å². The molecule has 0 N–H and O–H groups in total. The molecule has 0 aromatic heterocycles. The van der Waals surface area contributed by atoms with E-state index in [0.717, 1.165) is 53.9 Å². The Bertz CT molecular complexity index is 984. The van der Waals surface area contributed by atoms with Gasteiger partial charge in [-0.05, 0) is 45.3 Å². The molecule has 1 amide bonds. The lowest BCUT2D eigenvalue weighted by Crippen LogP contribution is -2.36. The molecular weight excluding hydrogens is 398 g/mol. The molecule has 1 heterocycles. The maximum atomic E-state index is 13.6. The molecule has 1 aliphatic heterocycles. The number of rotatable bonds is 6. The van der Waals surface area contributed by atoms with Crippen LogP contribution in [0.1, 0.15) is 68.2 Å². The summed E-state index contributed by atoms with van der Waals surface area (Å²) >= 11 is 0. The normalized spacial score (nSPS) is 17.4. The van der Waals surface area contributed by atoms with E-state index in [1.807, 2.05) is 18.7 Å². The number of ether oxygens (including phenoxy) is 2. The molecule has 0 unspecified atom stereocenters. The molecular formula is C28H35NO3. The molecule has 2 aliphatic rings. The molecule has 4 heteroatoms. The first-order chi connectivity index (χ1) is 15.4. The van der Waals surface area contributed by atoms with E-state index in [-0.39, 0.29) is 11.8 Å². The highest BCUT2D eigenvalue weighted by Crippen LogP contribution is 2.41. The first kappa shape index (κ1) is 22.4. The van der Waals surface area contributed by atoms with E-state index in [4.69, 9.17) is 9.47 Å². The molecule has 1 aliphatic carbocycles. The fourth-order valence-corrected chi connectivity index (χ4v) is 4.73. The van der Waals surface area contributed by atoms with Crippen LogP contribution in [0.4, 0.5) is 0 Å². The monoisotopic (exact) mass is 433 g/mol. The summed E-state index contributed by atoms with van der Waals surface area (Å²) < 4.78 is 12.1. The quantitative estimate of drug-likeness (QED) is 0.537. The van der Waals surface area contributed by atoms with Crippen molar-refractivity contribution in [2.45, 2.75) is 71.6 Å². The Morgan fingerprint density at radius 2 is 1.78 bits per heavy atom. The largest absolute Gasteiger partial charge is 0.492 e. The third kappa shape index (κ3) is 5.01. The van der Waals surface area contributed by atoms with E-state index in [2.05, 4.69) is 55.5 Å². The molecule has 0 bridgehead atoms. The SMILES string of the molecule is COc1c(CN(Cc2ccc(C)cc2)C(=O)C2CCCCC2)ccc2c1OC(C)(C)C=C2. The zero-order chi connectivity index (χ0) is 22.7. The van der Waals surface area contributed by atoms with Gasteiger partial charge < -0.3 is 14.4 Å². The van der Waals surface area contributed by atoms with Gasteiger partial charge in [0.1, 0.15) is 5.60 Å². The van der Waals surface area contributed by atoms with Crippen LogP contribution in [-0.2, 0) is 17.9 Å². The third-order valence-electron chi connectivity index (χ3n) is 6.58. The van der Waals surface area contributed by atoms with Gasteiger partial charge in [0.15, 0.2) is 11.5 Å². The number of methoxy groups -OCH3 is 1. The summed E-state index contributed by atoms with van der Waals surface area (Å²) in [7, 11) is 1.68. The minimum atomic E-state index is -0.390. The van der Waals surface area contributed by atoms with Crippen LogP contribution >= 0.6 is 0 Å². The molecule has 1 fully saturated rings. The Morgan fingerprint density at radius 1 is 1.06 bits per heavy atom. The van der Waals surface area contributed by atoms with Gasteiger partial charge in [-0.2, -0.15) is 0 Å². The van der Waals surface area contributed by atoms with Crippen LogP contribution in [0, 0.1) is 12.8 Å². The van der Waals surface area contributed by atoms with Gasteiger partial charge in [0.2, 0.25) is 5.91 Å². The van der Waals surface area contributed by atoms with Crippen LogP contribution in [0.5, 0.6) is 11.5 Å². The second-order valence-electron chi connectivity index (χ2n) is 9.73. The Kier molecular flexibility index (Phi) is 6.59. The number of nitrogens with zero attached hydrogens (tertiary/aromatic N) is 1. The zero-order valence-corrected chi connectivity index (χ0v) is 19.8. The smallest absolute Gasteiger partial charge is 0.226 e. The minimum absolute atomic E-state index is 0.121. The van der Waals surface area contributed by atoms with Crippen LogP contribution in [0.3, 0.4) is 0 Å². The van der Waals surface area contributed by atoms with Crippen LogP contribution in [0.25, 0.3) is 6.08 Å². The minimum Gasteiger partial charge on any atom is -0.492 e. The van der Waals surface area contributed by atoms with Crippen molar-refractivity contribution < 1.29 is 14.3 Å². The summed E-state index contributed by atoms with van der Waals surface area (Å²) in [5, 5.41) is 0. The van der Waals surface area contributed by atoms with Gasteiger partial charge in [-0.1, -0.05) is 67.3 Å². The topological polar surface area (TPSA) is 38.8 Å². The molecule has 2 aromatic carbocycles. The van der Waals surface area contributed by atoms with Crippen molar-refractivity contribution in [2.75, 3.05) is 7.11 Å². The number of amides is 1. The van der Waals surface area contributed by atoms with Gasteiger partial charge >= 0.3 is 0 Å². The summed E-state index contributed by atoms with van der Waals surface area (Å²) in [5.74, 6) is 1.87. The van der Waals surface area contributed by atoms with Gasteiger partial charge in [0.25, 0.3) is 0 Å². The molecule has 4 nitrogen and oxygen atoms in total. The molecule has 1 saturated carbocycles. The summed E-state index contributed by atoms with van der Waals surface area (Å²) in [4.78, 5) is 15.6. The van der Waals surface area contributed by atoms with E-state index in [1.165, 1.54) is 12.0 Å². The Labute approximate surface area is 192 Å². The van der Waals surface area contributed by atoms with E-state index in [0.29, 0.717) is 13.1 Å². The zero-order valence-electron chi connectivity index (χ0n) is 19.8. The standard InChI is InChI=1S/C28H35NO3/c1-20-10-12-21(13-11-20)18-29(27(30)23-8-6-5-7-9-23)19-24-15-14-22-16-17-28(2,3)32-26(22)25(24)31-4/h10-17,23H,5-9,18-19H2,1-4H3. The summed E-state index contributed by atoms with van der Waals surface area (Å²) in [6, 6.07) is 12.6. The van der Waals surface area contributed by atoms with Crippen molar-refractivity contribution in [1.29, 1.82) is 0 Å². The molecule has 32 heavy (non-hydrogen) atoms. The summed E-state index contributed by atoms with van der Waals surface area (Å²) in [6.45, 7) is 7.27. The number of carbonyl (C=O) groups is 1. The van der Waals surface area contributed by atoms with Crippen molar-refractivity contribution in [1.82, 2.24) is 4.90 Å².